The van der Waals surface area contributed by atoms with Crippen LogP contribution in [0.1, 0.15) is 15.9 Å². The number of nitrogens with zero attached hydrogens (tertiary/aromatic N) is 4. The number of carbonyl (C=O) groups is 2. The minimum Gasteiger partial charge on any atom is -0.506 e. The van der Waals surface area contributed by atoms with Gasteiger partial charge in [0.2, 0.25) is 5.91 Å². The Balaban J connectivity index is 1.24. The van der Waals surface area contributed by atoms with E-state index in [-0.39, 0.29) is 34.6 Å². The summed E-state index contributed by atoms with van der Waals surface area (Å²) in [7, 11) is 0. The third-order valence-corrected chi connectivity index (χ3v) is 6.83. The summed E-state index contributed by atoms with van der Waals surface area (Å²) in [6.07, 6.45) is 3.37. The number of amides is 2. The second-order valence-corrected chi connectivity index (χ2v) is 9.35. The average molecular weight is 534 g/mol. The lowest BCUT2D eigenvalue weighted by molar-refractivity contribution is -0.132. The largest absolute Gasteiger partial charge is 0.506 e. The quantitative estimate of drug-likeness (QED) is 0.286. The molecule has 0 aliphatic carbocycles. The fourth-order valence-electron chi connectivity index (χ4n) is 4.49. The van der Waals surface area contributed by atoms with Crippen LogP contribution >= 0.6 is 11.6 Å². The van der Waals surface area contributed by atoms with Gasteiger partial charge in [-0.05, 0) is 48.5 Å². The maximum absolute atomic E-state index is 13.2. The van der Waals surface area contributed by atoms with Gasteiger partial charge < -0.3 is 19.5 Å². The van der Waals surface area contributed by atoms with Crippen LogP contribution in [0.4, 0.5) is 10.1 Å². The Hall–Kier alpha value is -4.37. The van der Waals surface area contributed by atoms with Gasteiger partial charge >= 0.3 is 0 Å². The van der Waals surface area contributed by atoms with Crippen molar-refractivity contribution in [3.63, 3.8) is 0 Å². The minimum atomic E-state index is -0.471. The molecule has 1 aliphatic heterocycles. The molecule has 0 atom stereocenters. The zero-order valence-electron chi connectivity index (χ0n) is 20.3. The highest BCUT2D eigenvalue weighted by atomic mass is 35.5. The summed E-state index contributed by atoms with van der Waals surface area (Å²) in [6.45, 7) is 2.68. The number of carbonyl (C=O) groups excluding carboxylic acids is 2. The van der Waals surface area contributed by atoms with Crippen molar-refractivity contribution < 1.29 is 19.1 Å². The van der Waals surface area contributed by atoms with Crippen molar-refractivity contribution in [3.05, 3.63) is 94.9 Å². The summed E-state index contributed by atoms with van der Waals surface area (Å²) in [5.74, 6) is -0.841. The minimum absolute atomic E-state index is 0.00510. The van der Waals surface area contributed by atoms with E-state index in [1.807, 2.05) is 39.9 Å². The molecule has 38 heavy (non-hydrogen) atoms. The van der Waals surface area contributed by atoms with Crippen LogP contribution in [0, 0.1) is 5.82 Å². The first-order chi connectivity index (χ1) is 18.4. The Morgan fingerprint density at radius 3 is 2.50 bits per heavy atom. The van der Waals surface area contributed by atoms with Crippen LogP contribution in [-0.2, 0) is 11.3 Å². The Kier molecular flexibility index (Phi) is 7.28. The molecule has 0 spiro atoms. The highest BCUT2D eigenvalue weighted by Crippen LogP contribution is 2.24. The molecule has 1 saturated heterocycles. The molecule has 2 amide bonds. The average Bonchev–Trinajstić information content (AvgIpc) is 3.27. The number of hydrogen-bond donors (Lipinski definition) is 2. The first kappa shape index (κ1) is 25.3. The van der Waals surface area contributed by atoms with Gasteiger partial charge in [0.05, 0.1) is 11.2 Å². The van der Waals surface area contributed by atoms with Crippen molar-refractivity contribution in [1.82, 2.24) is 14.9 Å². The Morgan fingerprint density at radius 2 is 1.76 bits per heavy atom. The zero-order chi connectivity index (χ0) is 26.6. The fourth-order valence-corrected chi connectivity index (χ4v) is 4.67. The van der Waals surface area contributed by atoms with E-state index in [9.17, 15) is 19.1 Å². The SMILES string of the molecule is O=C(NN=Cc1cn(CC(=O)N2CCN(c3ccc(F)cc3)CC2)c2ccccc12)c1ccc(O)c(Cl)c1. The van der Waals surface area contributed by atoms with Gasteiger partial charge in [0.15, 0.2) is 0 Å². The normalized spacial score (nSPS) is 13.8. The number of anilines is 1. The number of aromatic nitrogens is 1. The Morgan fingerprint density at radius 1 is 1.03 bits per heavy atom. The second kappa shape index (κ2) is 10.9. The molecule has 0 unspecified atom stereocenters. The van der Waals surface area contributed by atoms with Crippen molar-refractivity contribution in [2.75, 3.05) is 31.1 Å². The first-order valence-corrected chi connectivity index (χ1v) is 12.4. The lowest BCUT2D eigenvalue weighted by Crippen LogP contribution is -2.49. The molecule has 4 aromatic rings. The first-order valence-electron chi connectivity index (χ1n) is 12.1. The molecular weight excluding hydrogens is 509 g/mol. The molecule has 2 N–H and O–H groups in total. The summed E-state index contributed by atoms with van der Waals surface area (Å²) in [6, 6.07) is 18.2. The molecule has 1 aromatic heterocycles. The molecule has 0 saturated carbocycles. The number of aromatic hydroxyl groups is 1. The van der Waals surface area contributed by atoms with Crippen LogP contribution in [0.5, 0.6) is 5.75 Å². The van der Waals surface area contributed by atoms with E-state index in [1.165, 1.54) is 36.5 Å². The molecule has 1 fully saturated rings. The highest BCUT2D eigenvalue weighted by molar-refractivity contribution is 6.32. The molecule has 2 heterocycles. The summed E-state index contributed by atoms with van der Waals surface area (Å²) < 4.78 is 15.1. The van der Waals surface area contributed by atoms with E-state index in [1.54, 1.807) is 12.1 Å². The van der Waals surface area contributed by atoms with E-state index in [0.717, 1.165) is 22.2 Å². The number of halogens is 2. The van der Waals surface area contributed by atoms with Crippen LogP contribution in [-0.4, -0.2) is 58.8 Å². The van der Waals surface area contributed by atoms with E-state index < -0.39 is 5.91 Å². The molecule has 0 radical (unpaired) electrons. The number of hydrogen-bond acceptors (Lipinski definition) is 5. The van der Waals surface area contributed by atoms with E-state index >= 15 is 0 Å². The molecule has 194 valence electrons. The molecule has 10 heteroatoms. The standard InChI is InChI=1S/C28H25ClFN5O3/c29-24-15-19(5-10-26(24)36)28(38)32-31-16-20-17-35(25-4-2-1-3-23(20)25)18-27(37)34-13-11-33(12-14-34)22-8-6-21(30)7-9-22/h1-10,15-17,36H,11-14,18H2,(H,32,38). The lowest BCUT2D eigenvalue weighted by atomic mass is 10.2. The van der Waals surface area contributed by atoms with Crippen LogP contribution in [0.25, 0.3) is 10.9 Å². The number of phenolic OH excluding ortho intramolecular Hbond substituents is 1. The topological polar surface area (TPSA) is 90.2 Å². The number of hydrazone groups is 1. The number of fused-ring (bicyclic) bond motifs is 1. The van der Waals surface area contributed by atoms with Gasteiger partial charge in [-0.2, -0.15) is 5.10 Å². The maximum atomic E-state index is 13.2. The van der Waals surface area contributed by atoms with Gasteiger partial charge in [0, 0.05) is 60.1 Å². The third kappa shape index (κ3) is 5.47. The van der Waals surface area contributed by atoms with Crippen molar-refractivity contribution in [1.29, 1.82) is 0 Å². The summed E-state index contributed by atoms with van der Waals surface area (Å²) in [4.78, 5) is 29.5. The predicted octanol–water partition coefficient (Wildman–Crippen LogP) is 4.25. The van der Waals surface area contributed by atoms with Crippen molar-refractivity contribution in [2.45, 2.75) is 6.54 Å². The molecule has 1 aliphatic rings. The van der Waals surface area contributed by atoms with Crippen LogP contribution in [0.3, 0.4) is 0 Å². The summed E-state index contributed by atoms with van der Waals surface area (Å²) in [5.41, 5.74) is 5.29. The van der Waals surface area contributed by atoms with Crippen molar-refractivity contribution in [3.8, 4) is 5.75 Å². The number of rotatable bonds is 6. The third-order valence-electron chi connectivity index (χ3n) is 6.53. The lowest BCUT2D eigenvalue weighted by Gasteiger charge is -2.36. The number of para-hydroxylation sites is 1. The van der Waals surface area contributed by atoms with Gasteiger partial charge in [0.25, 0.3) is 5.91 Å². The number of nitrogens with one attached hydrogen (secondary N) is 1. The van der Waals surface area contributed by atoms with Gasteiger partial charge in [-0.3, -0.25) is 9.59 Å². The number of phenols is 1. The number of piperazine rings is 1. The highest BCUT2D eigenvalue weighted by Gasteiger charge is 2.22. The van der Waals surface area contributed by atoms with E-state index in [0.29, 0.717) is 26.2 Å². The molecule has 0 bridgehead atoms. The Labute approximate surface area is 223 Å². The van der Waals surface area contributed by atoms with Gasteiger partial charge in [-0.25, -0.2) is 9.82 Å². The Bertz CT molecular complexity index is 1510. The monoisotopic (exact) mass is 533 g/mol. The van der Waals surface area contributed by atoms with Gasteiger partial charge in [-0.15, -0.1) is 0 Å². The molecule has 5 rings (SSSR count). The van der Waals surface area contributed by atoms with E-state index in [2.05, 4.69) is 15.4 Å². The van der Waals surface area contributed by atoms with Crippen molar-refractivity contribution >= 4 is 46.2 Å². The smallest absolute Gasteiger partial charge is 0.271 e. The van der Waals surface area contributed by atoms with Gasteiger partial charge in [0.1, 0.15) is 18.1 Å². The zero-order valence-corrected chi connectivity index (χ0v) is 21.1. The van der Waals surface area contributed by atoms with Crippen LogP contribution in [0.2, 0.25) is 5.02 Å². The predicted molar refractivity (Wildman–Crippen MR) is 145 cm³/mol. The van der Waals surface area contributed by atoms with Crippen LogP contribution < -0.4 is 10.3 Å². The summed E-state index contributed by atoms with van der Waals surface area (Å²) >= 11 is 5.88. The second-order valence-electron chi connectivity index (χ2n) is 8.94. The fraction of sp³-hybridized carbons (Fsp3) is 0.179. The molecular formula is C28H25ClFN5O3. The van der Waals surface area contributed by atoms with Crippen LogP contribution in [0.15, 0.2) is 78.0 Å². The number of benzene rings is 3. The van der Waals surface area contributed by atoms with E-state index in [4.69, 9.17) is 11.6 Å². The maximum Gasteiger partial charge on any atom is 0.271 e. The summed E-state index contributed by atoms with van der Waals surface area (Å²) in [5, 5.41) is 14.6. The van der Waals surface area contributed by atoms with Gasteiger partial charge in [-0.1, -0.05) is 29.8 Å². The van der Waals surface area contributed by atoms with Crippen molar-refractivity contribution in [2.24, 2.45) is 5.10 Å². The molecule has 8 nitrogen and oxygen atoms in total. The molecule has 3 aromatic carbocycles.